The van der Waals surface area contributed by atoms with Gasteiger partial charge in [-0.15, -0.1) is 0 Å². The van der Waals surface area contributed by atoms with Crippen molar-refractivity contribution in [1.82, 2.24) is 0 Å². The van der Waals surface area contributed by atoms with E-state index in [2.05, 4.69) is 0 Å². The molecule has 0 amide bonds. The first-order chi connectivity index (χ1) is 1.73. The fraction of sp³-hybridized carbons (Fsp3) is 0. The second-order valence-corrected chi connectivity index (χ2v) is 1.48. The van der Waals surface area contributed by atoms with E-state index in [-0.39, 0.29) is 43.2 Å². The standard InChI is InChI=1S/Ca.H2O.3O.Zr/h;1H2;;;;/q+2;;;2*-1;. The van der Waals surface area contributed by atoms with Crippen LogP contribution in [-0.2, 0) is 25.4 Å². The fourth-order valence-electron chi connectivity index (χ4n) is 0. The van der Waals surface area contributed by atoms with Gasteiger partial charge < -0.3 is 5.48 Å². The molecule has 0 aliphatic rings. The third kappa shape index (κ3) is 40.8. The van der Waals surface area contributed by atoms with Crippen LogP contribution in [0.1, 0.15) is 0 Å². The van der Waals surface area contributed by atoms with Crippen molar-refractivity contribution in [3.63, 3.8) is 0 Å². The van der Waals surface area contributed by atoms with Gasteiger partial charge >= 0.3 is 69.6 Å². The Balaban J connectivity index is -0.0000000450. The predicted molar refractivity (Wildman–Crippen MR) is 10.1 cm³/mol. The van der Waals surface area contributed by atoms with Crippen molar-refractivity contribution >= 4 is 37.7 Å². The molecule has 0 heterocycles. The van der Waals surface area contributed by atoms with Crippen LogP contribution in [0.5, 0.6) is 0 Å². The molecule has 0 rings (SSSR count). The van der Waals surface area contributed by atoms with Crippen molar-refractivity contribution in [1.29, 1.82) is 0 Å². The molecule has 6 heteroatoms. The van der Waals surface area contributed by atoms with Crippen LogP contribution in [0.4, 0.5) is 0 Å². The van der Waals surface area contributed by atoms with E-state index in [1.165, 1.54) is 0 Å². The first-order valence-corrected chi connectivity index (χ1v) is 3.62. The first kappa shape index (κ1) is 15.7. The summed E-state index contributed by atoms with van der Waals surface area (Å²) in [5.74, 6) is 0. The first-order valence-electron chi connectivity index (χ1n) is 0.612. The van der Waals surface area contributed by atoms with E-state index >= 15 is 0 Å². The van der Waals surface area contributed by atoms with Crippen LogP contribution >= 0.6 is 0 Å². The zero-order valence-electron chi connectivity index (χ0n) is 2.93. The molecule has 0 radical (unpaired) electrons. The molecular weight excluding hydrogens is 195 g/mol. The Kier molecular flexibility index (Phi) is 26.0. The van der Waals surface area contributed by atoms with Gasteiger partial charge in [-0.05, 0) is 0 Å². The van der Waals surface area contributed by atoms with E-state index in [0.29, 0.717) is 0 Å². The molecule has 0 saturated heterocycles. The zero-order valence-corrected chi connectivity index (χ0v) is 7.60. The molecule has 0 aliphatic heterocycles. The van der Waals surface area contributed by atoms with E-state index in [0.717, 1.165) is 0 Å². The van der Waals surface area contributed by atoms with Gasteiger partial charge in [0.05, 0.1) is 0 Å². The number of rotatable bonds is 0. The summed E-state index contributed by atoms with van der Waals surface area (Å²) in [6.07, 6.45) is 0. The topological polar surface area (TPSA) is 94.7 Å². The minimum atomic E-state index is -4.29. The van der Waals surface area contributed by atoms with Gasteiger partial charge in [0.25, 0.3) is 0 Å². The Hall–Kier alpha value is 1.82. The van der Waals surface area contributed by atoms with Crippen LogP contribution in [-0.4, -0.2) is 43.2 Å². The van der Waals surface area contributed by atoms with Crippen molar-refractivity contribution in [3.05, 3.63) is 0 Å². The molecule has 0 unspecified atom stereocenters. The summed E-state index contributed by atoms with van der Waals surface area (Å²) in [4.78, 5) is 0. The van der Waals surface area contributed by atoms with Crippen LogP contribution in [0.2, 0.25) is 0 Å². The molecule has 0 aromatic heterocycles. The molecule has 6 heavy (non-hydrogen) atoms. The van der Waals surface area contributed by atoms with E-state index in [1.807, 2.05) is 0 Å². The fourth-order valence-corrected chi connectivity index (χ4v) is 0. The maximum absolute atomic E-state index is 8.61. The van der Waals surface area contributed by atoms with Gasteiger partial charge in [-0.2, -0.15) is 0 Å². The van der Waals surface area contributed by atoms with Crippen LogP contribution in [0.15, 0.2) is 0 Å². The average Bonchev–Trinajstić information content (AvgIpc) is 0.811. The minimum absolute atomic E-state index is 0. The van der Waals surface area contributed by atoms with Crippen molar-refractivity contribution in [3.8, 4) is 0 Å². The van der Waals surface area contributed by atoms with Crippen LogP contribution in [0.25, 0.3) is 0 Å². The monoisotopic (exact) mass is 196 g/mol. The Morgan fingerprint density at radius 1 is 1.33 bits per heavy atom. The summed E-state index contributed by atoms with van der Waals surface area (Å²) < 4.78 is 25.8. The van der Waals surface area contributed by atoms with E-state index in [4.69, 9.17) is 9.18 Å². The van der Waals surface area contributed by atoms with E-state index in [9.17, 15) is 0 Å². The van der Waals surface area contributed by atoms with Crippen LogP contribution in [0.3, 0.4) is 0 Å². The maximum atomic E-state index is 8.61. The van der Waals surface area contributed by atoms with Crippen molar-refractivity contribution in [2.45, 2.75) is 0 Å². The molecule has 0 aromatic rings. The second-order valence-electron chi connectivity index (χ2n) is 0.250. The van der Waals surface area contributed by atoms with Gasteiger partial charge in [0.1, 0.15) is 0 Å². The average molecular weight is 197 g/mol. The molecule has 0 aromatic carbocycles. The molecular formula is H2CaO4Zr. The number of hydrogen-bond acceptors (Lipinski definition) is 3. The van der Waals surface area contributed by atoms with Gasteiger partial charge in [0.15, 0.2) is 0 Å². The zero-order chi connectivity index (χ0) is 3.58. The quantitative estimate of drug-likeness (QED) is 0.374. The van der Waals surface area contributed by atoms with E-state index < -0.39 is 22.6 Å². The van der Waals surface area contributed by atoms with Crippen molar-refractivity contribution in [2.24, 2.45) is 0 Å². The molecule has 0 spiro atoms. The molecule has 0 fully saturated rings. The predicted octanol–water partition coefficient (Wildman–Crippen LogP) is -3.70. The molecule has 2 N–H and O–H groups in total. The third-order valence-corrected chi connectivity index (χ3v) is 0. The second kappa shape index (κ2) is 9.95. The Morgan fingerprint density at radius 3 is 1.33 bits per heavy atom. The van der Waals surface area contributed by atoms with Crippen molar-refractivity contribution < 1.29 is 37.3 Å². The molecule has 0 aliphatic carbocycles. The SMILES string of the molecule is O.[Ca+2].[O]=[Zr]([O-])[O-]. The molecule has 32 valence electrons. The van der Waals surface area contributed by atoms with Gasteiger partial charge in [-0.1, -0.05) is 0 Å². The Bertz CT molecular complexity index is 30.5. The summed E-state index contributed by atoms with van der Waals surface area (Å²) in [7, 11) is 0. The molecule has 0 bridgehead atoms. The summed E-state index contributed by atoms with van der Waals surface area (Å²) >= 11 is -4.29. The summed E-state index contributed by atoms with van der Waals surface area (Å²) in [5.41, 5.74) is 0. The molecule has 0 saturated carbocycles. The summed E-state index contributed by atoms with van der Waals surface area (Å²) in [5, 5.41) is 0. The Labute approximate surface area is 73.8 Å². The van der Waals surface area contributed by atoms with E-state index in [1.54, 1.807) is 0 Å². The van der Waals surface area contributed by atoms with Crippen molar-refractivity contribution in [2.75, 3.05) is 0 Å². The molecule has 0 atom stereocenters. The van der Waals surface area contributed by atoms with Gasteiger partial charge in [-0.25, -0.2) is 0 Å². The molecule has 4 nitrogen and oxygen atoms in total. The summed E-state index contributed by atoms with van der Waals surface area (Å²) in [6, 6.07) is 0. The summed E-state index contributed by atoms with van der Waals surface area (Å²) in [6.45, 7) is 0. The van der Waals surface area contributed by atoms with Crippen LogP contribution in [0, 0.1) is 0 Å². The normalized spacial score (nSPS) is 4.33. The van der Waals surface area contributed by atoms with Gasteiger partial charge in [-0.3, -0.25) is 0 Å². The van der Waals surface area contributed by atoms with Gasteiger partial charge in [0.2, 0.25) is 0 Å². The third-order valence-electron chi connectivity index (χ3n) is 0. The number of hydrogen-bond donors (Lipinski definition) is 0. The Morgan fingerprint density at radius 2 is 1.33 bits per heavy atom. The van der Waals surface area contributed by atoms with Crippen LogP contribution < -0.4 is 6.37 Å². The van der Waals surface area contributed by atoms with Gasteiger partial charge in [0, 0.05) is 0 Å².